The van der Waals surface area contributed by atoms with Crippen LogP contribution in [0.1, 0.15) is 40.2 Å². The Morgan fingerprint density at radius 3 is 2.67 bits per heavy atom. The van der Waals surface area contributed by atoms with Gasteiger partial charge in [-0.05, 0) is 34.6 Å². The molecule has 1 N–H and O–H groups in total. The summed E-state index contributed by atoms with van der Waals surface area (Å²) in [6.45, 7) is 15.3. The first-order chi connectivity index (χ1) is 8.26. The third-order valence-corrected chi connectivity index (χ3v) is 3.38. The molecule has 0 radical (unpaired) electrons. The summed E-state index contributed by atoms with van der Waals surface area (Å²) in [5.74, 6) is 0. The van der Waals surface area contributed by atoms with Gasteiger partial charge in [0.15, 0.2) is 0 Å². The minimum Gasteiger partial charge on any atom is -0.309 e. The molecule has 0 atom stereocenters. The van der Waals surface area contributed by atoms with Gasteiger partial charge in [-0.1, -0.05) is 0 Å². The first-order valence-electron chi connectivity index (χ1n) is 6.78. The fraction of sp³-hybridized carbons (Fsp3) is 0.786. The Labute approximate surface area is 110 Å². The summed E-state index contributed by atoms with van der Waals surface area (Å²) in [6.07, 6.45) is 4.18. The molecule has 0 aromatic carbocycles. The van der Waals surface area contributed by atoms with Gasteiger partial charge in [0, 0.05) is 43.5 Å². The van der Waals surface area contributed by atoms with Crippen molar-refractivity contribution in [3.63, 3.8) is 0 Å². The largest absolute Gasteiger partial charge is 0.309 e. The lowest BCUT2D eigenvalue weighted by Crippen LogP contribution is -2.56. The zero-order chi connectivity index (χ0) is 13.4. The molecule has 0 saturated carbocycles. The van der Waals surface area contributed by atoms with Crippen LogP contribution in [0.15, 0.2) is 12.4 Å². The van der Waals surface area contributed by atoms with E-state index in [1.54, 1.807) is 0 Å². The van der Waals surface area contributed by atoms with Crippen molar-refractivity contribution in [2.24, 2.45) is 0 Å². The highest BCUT2D eigenvalue weighted by Gasteiger charge is 2.25. The first-order valence-corrected chi connectivity index (χ1v) is 6.78. The van der Waals surface area contributed by atoms with Gasteiger partial charge in [-0.2, -0.15) is 5.10 Å². The summed E-state index contributed by atoms with van der Waals surface area (Å²) in [7, 11) is 0. The molecule has 4 heteroatoms. The van der Waals surface area contributed by atoms with E-state index in [4.69, 9.17) is 0 Å². The molecule has 1 aromatic rings. The summed E-state index contributed by atoms with van der Waals surface area (Å²) >= 11 is 0. The molecule has 0 aliphatic carbocycles. The topological polar surface area (TPSA) is 33.1 Å². The highest BCUT2D eigenvalue weighted by molar-refractivity contribution is 5.06. The van der Waals surface area contributed by atoms with Crippen molar-refractivity contribution >= 4 is 0 Å². The monoisotopic (exact) mass is 250 g/mol. The molecule has 0 amide bonds. The van der Waals surface area contributed by atoms with Crippen molar-refractivity contribution in [3.05, 3.63) is 18.0 Å². The molecule has 4 nitrogen and oxygen atoms in total. The van der Waals surface area contributed by atoms with Crippen LogP contribution in [0.3, 0.4) is 0 Å². The van der Waals surface area contributed by atoms with Gasteiger partial charge in [0.2, 0.25) is 0 Å². The van der Waals surface area contributed by atoms with Crippen molar-refractivity contribution < 1.29 is 0 Å². The molecule has 2 heterocycles. The molecule has 0 spiro atoms. The molecule has 2 rings (SSSR count). The van der Waals surface area contributed by atoms with E-state index in [-0.39, 0.29) is 11.1 Å². The van der Waals surface area contributed by atoms with Gasteiger partial charge in [-0.15, -0.1) is 0 Å². The van der Waals surface area contributed by atoms with Crippen molar-refractivity contribution in [2.45, 2.75) is 52.2 Å². The summed E-state index contributed by atoms with van der Waals surface area (Å²) in [5.41, 5.74) is 1.60. The minimum absolute atomic E-state index is 0.0704. The van der Waals surface area contributed by atoms with Crippen LogP contribution in [0.5, 0.6) is 0 Å². The van der Waals surface area contributed by atoms with Gasteiger partial charge < -0.3 is 5.32 Å². The van der Waals surface area contributed by atoms with E-state index in [9.17, 15) is 0 Å². The highest BCUT2D eigenvalue weighted by atomic mass is 15.3. The third kappa shape index (κ3) is 3.33. The number of rotatable bonds is 2. The van der Waals surface area contributed by atoms with E-state index in [1.807, 2.05) is 6.20 Å². The van der Waals surface area contributed by atoms with Crippen LogP contribution >= 0.6 is 0 Å². The summed E-state index contributed by atoms with van der Waals surface area (Å²) in [6, 6.07) is 0. The predicted octanol–water partition coefficient (Wildman–Crippen LogP) is 1.82. The van der Waals surface area contributed by atoms with E-state index in [0.717, 1.165) is 26.2 Å². The van der Waals surface area contributed by atoms with Crippen LogP contribution in [-0.2, 0) is 12.1 Å². The maximum absolute atomic E-state index is 4.46. The van der Waals surface area contributed by atoms with E-state index < -0.39 is 0 Å². The molecule has 1 aromatic heterocycles. The number of nitrogens with one attached hydrogen (secondary N) is 1. The fourth-order valence-electron chi connectivity index (χ4n) is 2.45. The molecule has 1 saturated heterocycles. The smallest absolute Gasteiger partial charge is 0.0543 e. The quantitative estimate of drug-likeness (QED) is 0.869. The lowest BCUT2D eigenvalue weighted by molar-refractivity contribution is 0.148. The second-order valence-electron chi connectivity index (χ2n) is 6.99. The van der Waals surface area contributed by atoms with Crippen LogP contribution in [-0.4, -0.2) is 39.9 Å². The predicted molar refractivity (Wildman–Crippen MR) is 74.6 cm³/mol. The van der Waals surface area contributed by atoms with Gasteiger partial charge in [-0.3, -0.25) is 9.58 Å². The van der Waals surface area contributed by atoms with Gasteiger partial charge in [0.25, 0.3) is 0 Å². The number of aromatic nitrogens is 2. The molecule has 0 unspecified atom stereocenters. The minimum atomic E-state index is 0.0704. The summed E-state index contributed by atoms with van der Waals surface area (Å²) < 4.78 is 2.05. The van der Waals surface area contributed by atoms with Crippen LogP contribution in [0.4, 0.5) is 0 Å². The molecule has 1 fully saturated rings. The van der Waals surface area contributed by atoms with Gasteiger partial charge >= 0.3 is 0 Å². The van der Waals surface area contributed by atoms with E-state index in [1.165, 1.54) is 5.56 Å². The average Bonchev–Trinajstić information content (AvgIpc) is 2.63. The van der Waals surface area contributed by atoms with Crippen molar-refractivity contribution in [3.8, 4) is 0 Å². The van der Waals surface area contributed by atoms with E-state index in [2.05, 4.69) is 60.8 Å². The Bertz CT molecular complexity index is 400. The van der Waals surface area contributed by atoms with Crippen LogP contribution < -0.4 is 5.32 Å². The fourth-order valence-corrected chi connectivity index (χ4v) is 2.45. The maximum Gasteiger partial charge on any atom is 0.0543 e. The second kappa shape index (κ2) is 4.67. The molecule has 102 valence electrons. The Hall–Kier alpha value is -0.870. The second-order valence-corrected chi connectivity index (χ2v) is 6.99. The van der Waals surface area contributed by atoms with Gasteiger partial charge in [0.1, 0.15) is 0 Å². The van der Waals surface area contributed by atoms with Crippen LogP contribution in [0.25, 0.3) is 0 Å². The van der Waals surface area contributed by atoms with Gasteiger partial charge in [0.05, 0.1) is 11.7 Å². The SMILES string of the molecule is CC1(C)CN(Cc2cnn(C(C)(C)C)c2)CCN1. The molecule has 1 aliphatic rings. The Kier molecular flexibility index (Phi) is 3.52. The zero-order valence-electron chi connectivity index (χ0n) is 12.3. The van der Waals surface area contributed by atoms with Crippen LogP contribution in [0, 0.1) is 0 Å². The van der Waals surface area contributed by atoms with Gasteiger partial charge in [-0.25, -0.2) is 0 Å². The van der Waals surface area contributed by atoms with Crippen molar-refractivity contribution in [1.29, 1.82) is 0 Å². The molecular weight excluding hydrogens is 224 g/mol. The van der Waals surface area contributed by atoms with Crippen molar-refractivity contribution in [2.75, 3.05) is 19.6 Å². The lowest BCUT2D eigenvalue weighted by atomic mass is 10.0. The Morgan fingerprint density at radius 1 is 1.39 bits per heavy atom. The lowest BCUT2D eigenvalue weighted by Gasteiger charge is -2.39. The summed E-state index contributed by atoms with van der Waals surface area (Å²) in [5, 5.41) is 8.00. The maximum atomic E-state index is 4.46. The molecule has 1 aliphatic heterocycles. The van der Waals surface area contributed by atoms with Crippen LogP contribution in [0.2, 0.25) is 0 Å². The van der Waals surface area contributed by atoms with Crippen molar-refractivity contribution in [1.82, 2.24) is 20.0 Å². The van der Waals surface area contributed by atoms with E-state index in [0.29, 0.717) is 0 Å². The molecule has 18 heavy (non-hydrogen) atoms. The first kappa shape index (κ1) is 13.6. The average molecular weight is 250 g/mol. The number of piperazine rings is 1. The number of hydrogen-bond donors (Lipinski definition) is 1. The Balaban J connectivity index is 1.99. The Morgan fingerprint density at radius 2 is 2.11 bits per heavy atom. The zero-order valence-corrected chi connectivity index (χ0v) is 12.3. The molecule has 0 bridgehead atoms. The standard InChI is InChI=1S/C14H26N4/c1-13(2,3)18-10-12(8-16-18)9-17-7-6-15-14(4,5)11-17/h8,10,15H,6-7,9,11H2,1-5H3. The van der Waals surface area contributed by atoms with E-state index >= 15 is 0 Å². The number of hydrogen-bond acceptors (Lipinski definition) is 3. The highest BCUT2D eigenvalue weighted by Crippen LogP contribution is 2.16. The molecular formula is C14H26N4. The normalized spacial score (nSPS) is 21.2. The third-order valence-electron chi connectivity index (χ3n) is 3.38. The summed E-state index contributed by atoms with van der Waals surface area (Å²) in [4.78, 5) is 2.50. The number of nitrogens with zero attached hydrogens (tertiary/aromatic N) is 3.